The van der Waals surface area contributed by atoms with Gasteiger partial charge in [-0.2, -0.15) is 0 Å². The van der Waals surface area contributed by atoms with Crippen molar-refractivity contribution in [3.05, 3.63) is 161 Å². The van der Waals surface area contributed by atoms with Crippen LogP contribution in [-0.2, 0) is 17.3 Å². The number of nitrogens with zero attached hydrogens (tertiary/aromatic N) is 1. The smallest absolute Gasteiger partial charge is 0.159 e. The van der Waals surface area contributed by atoms with Gasteiger partial charge >= 0.3 is 0 Å². The Morgan fingerprint density at radius 1 is 0.800 bits per heavy atom. The fourth-order valence-electron chi connectivity index (χ4n) is 7.74. The molecule has 2 heteroatoms. The first kappa shape index (κ1) is 28.9. The first-order chi connectivity index (χ1) is 21.7. The van der Waals surface area contributed by atoms with Crippen LogP contribution >= 0.6 is 0 Å². The molecule has 0 atom stereocenters. The van der Waals surface area contributed by atoms with Gasteiger partial charge in [-0.3, -0.25) is 0 Å². The molecule has 2 aliphatic rings. The van der Waals surface area contributed by atoms with Gasteiger partial charge in [-0.25, -0.2) is 0 Å². The Kier molecular flexibility index (Phi) is 6.85. The summed E-state index contributed by atoms with van der Waals surface area (Å²) in [6.07, 6.45) is 11.7. The second-order valence-corrected chi connectivity index (χ2v) is 13.4. The van der Waals surface area contributed by atoms with Crippen molar-refractivity contribution in [1.29, 1.82) is 0 Å². The highest BCUT2D eigenvalue weighted by molar-refractivity contribution is 6.13. The van der Waals surface area contributed by atoms with E-state index in [1.54, 1.807) is 0 Å². The van der Waals surface area contributed by atoms with Crippen LogP contribution in [0, 0.1) is 0 Å². The van der Waals surface area contributed by atoms with Crippen LogP contribution in [0.3, 0.4) is 0 Å². The van der Waals surface area contributed by atoms with Crippen molar-refractivity contribution in [2.45, 2.75) is 58.8 Å². The van der Waals surface area contributed by atoms with Crippen LogP contribution in [0.15, 0.2) is 143 Å². The molecule has 2 nitrogen and oxygen atoms in total. The van der Waals surface area contributed by atoms with Crippen LogP contribution < -0.4 is 4.90 Å². The summed E-state index contributed by atoms with van der Waals surface area (Å²) in [4.78, 5) is 2.36. The predicted molar refractivity (Wildman–Crippen MR) is 192 cm³/mol. The van der Waals surface area contributed by atoms with Crippen LogP contribution in [0.25, 0.3) is 27.5 Å². The molecule has 0 unspecified atom stereocenters. The van der Waals surface area contributed by atoms with Crippen molar-refractivity contribution >= 4 is 38.9 Å². The molecule has 0 bridgehead atoms. The maximum Gasteiger partial charge on any atom is 0.159 e. The van der Waals surface area contributed by atoms with Gasteiger partial charge in [-0.1, -0.05) is 131 Å². The number of benzene rings is 4. The molecule has 0 radical (unpaired) electrons. The highest BCUT2D eigenvalue weighted by atomic mass is 16.3. The molecule has 1 heterocycles. The molecular weight excluding hydrogens is 546 g/mol. The Morgan fingerprint density at radius 3 is 2.27 bits per heavy atom. The minimum Gasteiger partial charge on any atom is -0.453 e. The summed E-state index contributed by atoms with van der Waals surface area (Å²) in [5.74, 6) is 0. The van der Waals surface area contributed by atoms with Crippen molar-refractivity contribution in [1.82, 2.24) is 0 Å². The molecule has 4 aromatic carbocycles. The molecule has 0 aliphatic heterocycles. The molecule has 0 fully saturated rings. The molecule has 0 saturated carbocycles. The van der Waals surface area contributed by atoms with Crippen LogP contribution in [-0.4, -0.2) is 0 Å². The minimum atomic E-state index is -0.124. The van der Waals surface area contributed by atoms with E-state index in [0.29, 0.717) is 0 Å². The topological polar surface area (TPSA) is 16.4 Å². The Morgan fingerprint density at radius 2 is 1.53 bits per heavy atom. The molecule has 0 saturated heterocycles. The zero-order valence-electron chi connectivity index (χ0n) is 27.2. The highest BCUT2D eigenvalue weighted by Crippen LogP contribution is 2.51. The lowest BCUT2D eigenvalue weighted by atomic mass is 9.81. The summed E-state index contributed by atoms with van der Waals surface area (Å²) in [7, 11) is 0. The van der Waals surface area contributed by atoms with Crippen molar-refractivity contribution in [2.24, 2.45) is 0 Å². The fraction of sp³-hybridized carbons (Fsp3) is 0.209. The van der Waals surface area contributed by atoms with E-state index in [9.17, 15) is 0 Å². The van der Waals surface area contributed by atoms with Crippen LogP contribution in [0.4, 0.5) is 11.4 Å². The number of hydrogen-bond acceptors (Lipinski definition) is 2. The maximum absolute atomic E-state index is 7.03. The number of allylic oxidation sites excluding steroid dienone is 8. The lowest BCUT2D eigenvalue weighted by Crippen LogP contribution is -2.19. The van der Waals surface area contributed by atoms with E-state index in [1.807, 2.05) is 12.2 Å². The third kappa shape index (κ3) is 4.38. The van der Waals surface area contributed by atoms with E-state index in [2.05, 4.69) is 156 Å². The summed E-state index contributed by atoms with van der Waals surface area (Å²) in [6, 6.07) is 30.6. The summed E-state index contributed by atoms with van der Waals surface area (Å²) >= 11 is 0. The molecule has 1 aromatic heterocycles. The standard InChI is InChI=1S/C43H41NO/c1-8-10-21-35-28(3)39-37(43(35,6)7)25-24-34-33-20-16-23-38(40(33)45-41(34)39)44(32-18-12-11-13-19-32)31(9-2)27-30-26-29-17-14-15-22-36(29)42(30,4)5/h8-25,27H,1,26H2,2-7H3/b21-10-,30-27+,31-9+. The van der Waals surface area contributed by atoms with Gasteiger partial charge in [0.2, 0.25) is 0 Å². The van der Waals surface area contributed by atoms with E-state index in [1.165, 1.54) is 39.0 Å². The quantitative estimate of drug-likeness (QED) is 0.184. The third-order valence-electron chi connectivity index (χ3n) is 10.2. The predicted octanol–water partition coefficient (Wildman–Crippen LogP) is 11.9. The van der Waals surface area contributed by atoms with Crippen molar-refractivity contribution in [3.8, 4) is 0 Å². The van der Waals surface area contributed by atoms with Crippen molar-refractivity contribution in [3.63, 3.8) is 0 Å². The average molecular weight is 588 g/mol. The summed E-state index contributed by atoms with van der Waals surface area (Å²) < 4.78 is 7.03. The Labute approximate surface area is 267 Å². The van der Waals surface area contributed by atoms with Gasteiger partial charge in [0.15, 0.2) is 5.58 Å². The first-order valence-corrected chi connectivity index (χ1v) is 16.0. The van der Waals surface area contributed by atoms with E-state index in [0.717, 1.165) is 45.4 Å². The molecule has 2 aliphatic carbocycles. The highest BCUT2D eigenvalue weighted by Gasteiger charge is 2.38. The Balaban J connectivity index is 1.45. The van der Waals surface area contributed by atoms with Gasteiger partial charge in [0.25, 0.3) is 0 Å². The number of hydrogen-bond donors (Lipinski definition) is 0. The third-order valence-corrected chi connectivity index (χ3v) is 10.2. The average Bonchev–Trinajstić information content (AvgIpc) is 3.61. The van der Waals surface area contributed by atoms with Crippen molar-refractivity contribution < 1.29 is 4.42 Å². The molecule has 0 N–H and O–H groups in total. The number of rotatable bonds is 6. The van der Waals surface area contributed by atoms with Crippen LogP contribution in [0.1, 0.15) is 63.8 Å². The normalized spacial score (nSPS) is 17.9. The van der Waals surface area contributed by atoms with Gasteiger partial charge in [-0.15, -0.1) is 0 Å². The molecule has 45 heavy (non-hydrogen) atoms. The molecule has 224 valence electrons. The lowest BCUT2D eigenvalue weighted by Gasteiger charge is -2.29. The summed E-state index contributed by atoms with van der Waals surface area (Å²) in [6.45, 7) is 17.6. The molecular formula is C43H41NO. The first-order valence-electron chi connectivity index (χ1n) is 16.0. The van der Waals surface area contributed by atoms with Gasteiger partial charge in [0, 0.05) is 38.6 Å². The number of para-hydroxylation sites is 2. The van der Waals surface area contributed by atoms with Gasteiger partial charge in [0.1, 0.15) is 5.58 Å². The monoisotopic (exact) mass is 587 g/mol. The van der Waals surface area contributed by atoms with Crippen LogP contribution in [0.2, 0.25) is 0 Å². The number of furan rings is 1. The number of fused-ring (bicyclic) bond motifs is 6. The Hall–Kier alpha value is -4.82. The van der Waals surface area contributed by atoms with Crippen molar-refractivity contribution in [2.75, 3.05) is 4.90 Å². The SMILES string of the molecule is C=C/C=C\C1=C(C)c2c(ccc3c2oc2c(N(C(=C/C)/C=C4\Cc5ccccc5C4(C)C)c4ccccc4)cccc23)C1(C)C. The molecule has 0 spiro atoms. The fourth-order valence-corrected chi connectivity index (χ4v) is 7.74. The second kappa shape index (κ2) is 10.7. The summed E-state index contributed by atoms with van der Waals surface area (Å²) in [5, 5.41) is 2.28. The van der Waals surface area contributed by atoms with Crippen LogP contribution in [0.5, 0.6) is 0 Å². The van der Waals surface area contributed by atoms with E-state index in [-0.39, 0.29) is 10.8 Å². The van der Waals surface area contributed by atoms with E-state index < -0.39 is 0 Å². The van der Waals surface area contributed by atoms with E-state index >= 15 is 0 Å². The maximum atomic E-state index is 7.03. The van der Waals surface area contributed by atoms with Gasteiger partial charge < -0.3 is 9.32 Å². The molecule has 7 rings (SSSR count). The Bertz CT molecular complexity index is 2110. The zero-order valence-corrected chi connectivity index (χ0v) is 27.2. The van der Waals surface area contributed by atoms with Gasteiger partial charge in [-0.05, 0) is 72.4 Å². The minimum absolute atomic E-state index is 0.0481. The second-order valence-electron chi connectivity index (χ2n) is 13.4. The molecule has 5 aromatic rings. The summed E-state index contributed by atoms with van der Waals surface area (Å²) in [5.41, 5.74) is 14.3. The van der Waals surface area contributed by atoms with Gasteiger partial charge in [0.05, 0.1) is 5.69 Å². The largest absolute Gasteiger partial charge is 0.453 e. The zero-order chi connectivity index (χ0) is 31.5. The number of anilines is 2. The molecule has 0 amide bonds. The lowest BCUT2D eigenvalue weighted by molar-refractivity contribution is 0.642. The van der Waals surface area contributed by atoms with E-state index in [4.69, 9.17) is 4.42 Å².